The van der Waals surface area contributed by atoms with E-state index in [1.165, 1.54) is 38.6 Å². The molecule has 0 spiro atoms. The fraction of sp³-hybridized carbons (Fsp3) is 1.00. The second-order valence-electron chi connectivity index (χ2n) is 6.08. The van der Waals surface area contributed by atoms with E-state index >= 15 is 0 Å². The molecule has 2 nitrogen and oxygen atoms in total. The van der Waals surface area contributed by atoms with Crippen LogP contribution in [0.4, 0.5) is 0 Å². The minimum absolute atomic E-state index is 0.243. The summed E-state index contributed by atoms with van der Waals surface area (Å²) in [4.78, 5) is 2.70. The molecule has 2 aliphatic rings. The maximum Gasteiger partial charge on any atom is 0.0359 e. The second-order valence-corrected chi connectivity index (χ2v) is 6.08. The number of rotatable bonds is 3. The molecule has 0 radical (unpaired) electrons. The quantitative estimate of drug-likeness (QED) is 0.775. The van der Waals surface area contributed by atoms with Gasteiger partial charge < -0.3 is 5.73 Å². The summed E-state index contributed by atoms with van der Waals surface area (Å²) in [6, 6.07) is 0.727. The highest BCUT2D eigenvalue weighted by Crippen LogP contribution is 2.56. The van der Waals surface area contributed by atoms with E-state index in [1.807, 2.05) is 0 Å². The predicted octanol–water partition coefficient (Wildman–Crippen LogP) is 2.38. The Morgan fingerprint density at radius 1 is 1.40 bits per heavy atom. The third kappa shape index (κ3) is 1.72. The summed E-state index contributed by atoms with van der Waals surface area (Å²) in [5.74, 6) is 0. The number of hydrogen-bond donors (Lipinski definition) is 1. The van der Waals surface area contributed by atoms with Crippen molar-refractivity contribution in [1.29, 1.82) is 0 Å². The molecular formula is C13H26N2. The standard InChI is InChI=1S/C13H26N2/c1-11-6-4-5-9-15(11)13(3,10-14)12(2)7-8-12/h11H,4-10,14H2,1-3H3. The summed E-state index contributed by atoms with van der Waals surface area (Å²) in [5.41, 5.74) is 6.82. The lowest BCUT2D eigenvalue weighted by Crippen LogP contribution is -2.61. The molecule has 2 unspecified atom stereocenters. The highest BCUT2D eigenvalue weighted by molar-refractivity contribution is 5.10. The first-order valence-electron chi connectivity index (χ1n) is 6.50. The highest BCUT2D eigenvalue weighted by Gasteiger charge is 2.55. The predicted molar refractivity (Wildman–Crippen MR) is 64.8 cm³/mol. The minimum Gasteiger partial charge on any atom is -0.329 e. The smallest absolute Gasteiger partial charge is 0.0359 e. The van der Waals surface area contributed by atoms with Crippen LogP contribution in [0.25, 0.3) is 0 Å². The number of piperidine rings is 1. The van der Waals surface area contributed by atoms with Crippen molar-refractivity contribution >= 4 is 0 Å². The van der Waals surface area contributed by atoms with Crippen molar-refractivity contribution in [3.63, 3.8) is 0 Å². The number of hydrogen-bond acceptors (Lipinski definition) is 2. The van der Waals surface area contributed by atoms with Crippen LogP contribution < -0.4 is 5.73 Å². The van der Waals surface area contributed by atoms with Crippen LogP contribution in [0.2, 0.25) is 0 Å². The fourth-order valence-corrected chi connectivity index (χ4v) is 3.27. The van der Waals surface area contributed by atoms with Gasteiger partial charge in [-0.25, -0.2) is 0 Å². The van der Waals surface area contributed by atoms with Gasteiger partial charge in [-0.15, -0.1) is 0 Å². The van der Waals surface area contributed by atoms with Crippen LogP contribution in [0, 0.1) is 5.41 Å². The maximum atomic E-state index is 6.08. The fourth-order valence-electron chi connectivity index (χ4n) is 3.27. The van der Waals surface area contributed by atoms with Crippen LogP contribution in [0.5, 0.6) is 0 Å². The number of nitrogens with two attached hydrogens (primary N) is 1. The van der Waals surface area contributed by atoms with Crippen LogP contribution in [0.1, 0.15) is 52.9 Å². The molecule has 0 aromatic heterocycles. The van der Waals surface area contributed by atoms with Gasteiger partial charge in [0.25, 0.3) is 0 Å². The van der Waals surface area contributed by atoms with Crippen molar-refractivity contribution in [2.24, 2.45) is 11.1 Å². The van der Waals surface area contributed by atoms with E-state index < -0.39 is 0 Å². The van der Waals surface area contributed by atoms with Gasteiger partial charge in [0.05, 0.1) is 0 Å². The van der Waals surface area contributed by atoms with Gasteiger partial charge in [-0.1, -0.05) is 13.3 Å². The molecule has 2 heteroatoms. The monoisotopic (exact) mass is 210 g/mol. The first kappa shape index (κ1) is 11.4. The molecule has 1 saturated heterocycles. The van der Waals surface area contributed by atoms with Crippen molar-refractivity contribution < 1.29 is 0 Å². The summed E-state index contributed by atoms with van der Waals surface area (Å²) in [5, 5.41) is 0. The van der Waals surface area contributed by atoms with Gasteiger partial charge in [0.1, 0.15) is 0 Å². The first-order valence-corrected chi connectivity index (χ1v) is 6.50. The molecule has 1 heterocycles. The Balaban J connectivity index is 2.17. The lowest BCUT2D eigenvalue weighted by atomic mass is 9.79. The van der Waals surface area contributed by atoms with Crippen LogP contribution in [-0.2, 0) is 0 Å². The lowest BCUT2D eigenvalue weighted by molar-refractivity contribution is -0.00421. The SMILES string of the molecule is CC1CCCCN1C(C)(CN)C1(C)CC1. The Morgan fingerprint density at radius 2 is 2.07 bits per heavy atom. The molecule has 2 rings (SSSR count). The van der Waals surface area contributed by atoms with Crippen LogP contribution in [-0.4, -0.2) is 29.6 Å². The molecule has 1 aliphatic heterocycles. The van der Waals surface area contributed by atoms with E-state index in [1.54, 1.807) is 0 Å². The van der Waals surface area contributed by atoms with Gasteiger partial charge in [-0.05, 0) is 51.5 Å². The average Bonchev–Trinajstić information content (AvgIpc) is 2.98. The number of nitrogens with zero attached hydrogens (tertiary/aromatic N) is 1. The largest absolute Gasteiger partial charge is 0.329 e. The summed E-state index contributed by atoms with van der Waals surface area (Å²) in [7, 11) is 0. The summed E-state index contributed by atoms with van der Waals surface area (Å²) in [6.45, 7) is 9.25. The highest BCUT2D eigenvalue weighted by atomic mass is 15.3. The van der Waals surface area contributed by atoms with Crippen molar-refractivity contribution in [1.82, 2.24) is 4.90 Å². The second kappa shape index (κ2) is 3.74. The molecule has 2 N–H and O–H groups in total. The minimum atomic E-state index is 0.243. The third-order valence-electron chi connectivity index (χ3n) is 5.13. The van der Waals surface area contributed by atoms with E-state index in [4.69, 9.17) is 5.73 Å². The Morgan fingerprint density at radius 3 is 2.53 bits per heavy atom. The molecule has 0 aromatic carbocycles. The topological polar surface area (TPSA) is 29.3 Å². The van der Waals surface area contributed by atoms with E-state index in [0.717, 1.165) is 12.6 Å². The molecule has 15 heavy (non-hydrogen) atoms. The summed E-state index contributed by atoms with van der Waals surface area (Å²) in [6.07, 6.45) is 6.84. The van der Waals surface area contributed by atoms with Crippen LogP contribution >= 0.6 is 0 Å². The average molecular weight is 210 g/mol. The molecule has 2 fully saturated rings. The van der Waals surface area contributed by atoms with E-state index in [-0.39, 0.29) is 5.54 Å². The van der Waals surface area contributed by atoms with E-state index in [9.17, 15) is 0 Å². The van der Waals surface area contributed by atoms with Crippen LogP contribution in [0.3, 0.4) is 0 Å². The molecule has 0 bridgehead atoms. The van der Waals surface area contributed by atoms with Gasteiger partial charge in [0.2, 0.25) is 0 Å². The van der Waals surface area contributed by atoms with E-state index in [2.05, 4.69) is 25.7 Å². The zero-order valence-electron chi connectivity index (χ0n) is 10.6. The molecular weight excluding hydrogens is 184 g/mol. The van der Waals surface area contributed by atoms with Gasteiger partial charge in [-0.2, -0.15) is 0 Å². The molecule has 0 aromatic rings. The lowest BCUT2D eigenvalue weighted by Gasteiger charge is -2.50. The van der Waals surface area contributed by atoms with Gasteiger partial charge in [-0.3, -0.25) is 4.90 Å². The molecule has 1 aliphatic carbocycles. The summed E-state index contributed by atoms with van der Waals surface area (Å²) >= 11 is 0. The first-order chi connectivity index (χ1) is 7.03. The van der Waals surface area contributed by atoms with Crippen molar-refractivity contribution in [2.45, 2.75) is 64.5 Å². The van der Waals surface area contributed by atoms with Crippen molar-refractivity contribution in [2.75, 3.05) is 13.1 Å². The summed E-state index contributed by atoms with van der Waals surface area (Å²) < 4.78 is 0. The Hall–Kier alpha value is -0.0800. The normalized spacial score (nSPS) is 34.8. The zero-order valence-corrected chi connectivity index (χ0v) is 10.6. The van der Waals surface area contributed by atoms with Crippen molar-refractivity contribution in [3.05, 3.63) is 0 Å². The Kier molecular flexibility index (Phi) is 2.85. The van der Waals surface area contributed by atoms with Gasteiger partial charge >= 0.3 is 0 Å². The molecule has 0 amide bonds. The number of likely N-dealkylation sites (tertiary alicyclic amines) is 1. The molecule has 1 saturated carbocycles. The Bertz CT molecular complexity index is 235. The van der Waals surface area contributed by atoms with Gasteiger partial charge in [0, 0.05) is 18.1 Å². The maximum absolute atomic E-state index is 6.08. The molecule has 2 atom stereocenters. The van der Waals surface area contributed by atoms with Crippen molar-refractivity contribution in [3.8, 4) is 0 Å². The Labute approximate surface area is 94.2 Å². The zero-order chi connectivity index (χ0) is 11.1. The third-order valence-corrected chi connectivity index (χ3v) is 5.13. The molecule has 88 valence electrons. The van der Waals surface area contributed by atoms with E-state index in [0.29, 0.717) is 5.41 Å². The van der Waals surface area contributed by atoms with Gasteiger partial charge in [0.15, 0.2) is 0 Å². The van der Waals surface area contributed by atoms with Crippen LogP contribution in [0.15, 0.2) is 0 Å².